The molecule has 114 valence electrons. The highest BCUT2D eigenvalue weighted by atomic mass is 15.3. The van der Waals surface area contributed by atoms with Crippen LogP contribution >= 0.6 is 0 Å². The largest absolute Gasteiger partial charge is 0.309 e. The molecule has 0 saturated heterocycles. The van der Waals surface area contributed by atoms with Crippen LogP contribution in [0.25, 0.3) is 0 Å². The van der Waals surface area contributed by atoms with E-state index in [0.29, 0.717) is 12.1 Å². The number of hydrogen-bond donors (Lipinski definition) is 1. The van der Waals surface area contributed by atoms with Gasteiger partial charge in [0, 0.05) is 18.8 Å². The van der Waals surface area contributed by atoms with Gasteiger partial charge in [0.1, 0.15) is 0 Å². The number of nitrogens with one attached hydrogen (secondary N) is 1. The van der Waals surface area contributed by atoms with Gasteiger partial charge in [-0.1, -0.05) is 19.3 Å². The monoisotopic (exact) mass is 278 g/mol. The van der Waals surface area contributed by atoms with E-state index in [0.717, 1.165) is 13.1 Å². The van der Waals surface area contributed by atoms with E-state index < -0.39 is 0 Å². The smallest absolute Gasteiger partial charge is 0.0762 e. The van der Waals surface area contributed by atoms with Crippen LogP contribution in [0.5, 0.6) is 0 Å². The maximum Gasteiger partial charge on any atom is 0.0762 e. The van der Waals surface area contributed by atoms with Gasteiger partial charge in [0.05, 0.1) is 11.7 Å². The number of hydrogen-bond acceptors (Lipinski definition) is 3. The molecule has 1 heterocycles. The average molecular weight is 278 g/mol. The molecule has 1 aliphatic rings. The zero-order chi connectivity index (χ0) is 14.4. The molecular weight excluding hydrogens is 248 g/mol. The number of nitrogens with zero attached hydrogens (tertiary/aromatic N) is 3. The summed E-state index contributed by atoms with van der Waals surface area (Å²) >= 11 is 0. The van der Waals surface area contributed by atoms with Crippen LogP contribution in [0, 0.1) is 0 Å². The predicted molar refractivity (Wildman–Crippen MR) is 83.8 cm³/mol. The fraction of sp³-hybridized carbons (Fsp3) is 0.812. The van der Waals surface area contributed by atoms with Crippen molar-refractivity contribution in [1.82, 2.24) is 20.0 Å². The summed E-state index contributed by atoms with van der Waals surface area (Å²) in [4.78, 5) is 2.23. The average Bonchev–Trinajstić information content (AvgIpc) is 2.93. The van der Waals surface area contributed by atoms with Gasteiger partial charge in [-0.3, -0.25) is 4.68 Å². The standard InChI is InChI=1S/C16H30N4/c1-14(9-11-19(2)3)17-13-15-10-12-20(18-15)16-7-5-4-6-8-16/h10,12,14,16-17H,4-9,11,13H2,1-3H3. The first-order chi connectivity index (χ1) is 9.65. The van der Waals surface area contributed by atoms with Crippen molar-refractivity contribution < 1.29 is 0 Å². The summed E-state index contributed by atoms with van der Waals surface area (Å²) in [6.45, 7) is 4.26. The fourth-order valence-electron chi connectivity index (χ4n) is 2.85. The summed E-state index contributed by atoms with van der Waals surface area (Å²) in [7, 11) is 4.25. The van der Waals surface area contributed by atoms with Crippen LogP contribution in [-0.2, 0) is 6.54 Å². The first-order valence-corrected chi connectivity index (χ1v) is 8.07. The minimum Gasteiger partial charge on any atom is -0.309 e. The van der Waals surface area contributed by atoms with Crippen molar-refractivity contribution in [1.29, 1.82) is 0 Å². The van der Waals surface area contributed by atoms with E-state index in [2.05, 4.69) is 48.2 Å². The predicted octanol–water partition coefficient (Wildman–Crippen LogP) is 2.82. The second kappa shape index (κ2) is 7.79. The molecule has 0 aliphatic heterocycles. The van der Waals surface area contributed by atoms with Crippen molar-refractivity contribution in [2.75, 3.05) is 20.6 Å². The Labute approximate surface area is 123 Å². The van der Waals surface area contributed by atoms with E-state index in [-0.39, 0.29) is 0 Å². The van der Waals surface area contributed by atoms with Crippen molar-refractivity contribution in [2.24, 2.45) is 0 Å². The maximum atomic E-state index is 4.74. The van der Waals surface area contributed by atoms with Gasteiger partial charge >= 0.3 is 0 Å². The molecule has 1 unspecified atom stereocenters. The highest BCUT2D eigenvalue weighted by molar-refractivity contribution is 5.00. The SMILES string of the molecule is CC(CCN(C)C)NCc1ccn(C2CCCCC2)n1. The van der Waals surface area contributed by atoms with Gasteiger partial charge in [0.25, 0.3) is 0 Å². The van der Waals surface area contributed by atoms with Crippen molar-refractivity contribution in [2.45, 2.75) is 64.1 Å². The minimum absolute atomic E-state index is 0.539. The van der Waals surface area contributed by atoms with E-state index in [1.165, 1.54) is 44.2 Å². The Morgan fingerprint density at radius 2 is 2.10 bits per heavy atom. The molecule has 0 bridgehead atoms. The minimum atomic E-state index is 0.539. The van der Waals surface area contributed by atoms with E-state index in [9.17, 15) is 0 Å². The topological polar surface area (TPSA) is 33.1 Å². The Bertz CT molecular complexity index is 380. The molecule has 4 heteroatoms. The van der Waals surface area contributed by atoms with Crippen molar-refractivity contribution in [3.05, 3.63) is 18.0 Å². The van der Waals surface area contributed by atoms with Crippen LogP contribution < -0.4 is 5.32 Å². The normalized spacial score (nSPS) is 18.6. The molecule has 1 aromatic rings. The first-order valence-electron chi connectivity index (χ1n) is 8.07. The summed E-state index contributed by atoms with van der Waals surface area (Å²) in [6.07, 6.45) is 10.1. The Kier molecular flexibility index (Phi) is 6.05. The molecule has 1 atom stereocenters. The van der Waals surface area contributed by atoms with Gasteiger partial charge in [0.15, 0.2) is 0 Å². The lowest BCUT2D eigenvalue weighted by atomic mass is 9.96. The molecule has 1 N–H and O–H groups in total. The molecule has 0 spiro atoms. The molecule has 0 aromatic carbocycles. The van der Waals surface area contributed by atoms with Crippen LogP contribution in [0.2, 0.25) is 0 Å². The fourth-order valence-corrected chi connectivity index (χ4v) is 2.85. The Hall–Kier alpha value is -0.870. The molecule has 1 saturated carbocycles. The van der Waals surface area contributed by atoms with Crippen LogP contribution in [0.4, 0.5) is 0 Å². The molecular formula is C16H30N4. The molecule has 20 heavy (non-hydrogen) atoms. The third-order valence-corrected chi connectivity index (χ3v) is 4.25. The van der Waals surface area contributed by atoms with Gasteiger partial charge < -0.3 is 10.2 Å². The van der Waals surface area contributed by atoms with Gasteiger partial charge in [0.2, 0.25) is 0 Å². The quantitative estimate of drug-likeness (QED) is 0.832. The van der Waals surface area contributed by atoms with Gasteiger partial charge in [-0.2, -0.15) is 5.10 Å². The molecule has 4 nitrogen and oxygen atoms in total. The van der Waals surface area contributed by atoms with Crippen molar-refractivity contribution in [3.8, 4) is 0 Å². The van der Waals surface area contributed by atoms with Crippen molar-refractivity contribution >= 4 is 0 Å². The zero-order valence-electron chi connectivity index (χ0n) is 13.3. The highest BCUT2D eigenvalue weighted by Gasteiger charge is 2.16. The molecule has 0 radical (unpaired) electrons. The summed E-state index contributed by atoms with van der Waals surface area (Å²) in [6, 6.07) is 3.35. The summed E-state index contributed by atoms with van der Waals surface area (Å²) < 4.78 is 2.20. The van der Waals surface area contributed by atoms with E-state index in [4.69, 9.17) is 5.10 Å². The Morgan fingerprint density at radius 3 is 2.80 bits per heavy atom. The molecule has 1 fully saturated rings. The Morgan fingerprint density at radius 1 is 1.35 bits per heavy atom. The van der Waals surface area contributed by atoms with E-state index in [1.807, 2.05) is 0 Å². The molecule has 1 aromatic heterocycles. The Balaban J connectivity index is 1.74. The second-order valence-corrected chi connectivity index (χ2v) is 6.45. The lowest BCUT2D eigenvalue weighted by molar-refractivity contribution is 0.327. The van der Waals surface area contributed by atoms with E-state index in [1.54, 1.807) is 0 Å². The summed E-state index contributed by atoms with van der Waals surface area (Å²) in [5.41, 5.74) is 1.17. The lowest BCUT2D eigenvalue weighted by Crippen LogP contribution is -2.29. The summed E-state index contributed by atoms with van der Waals surface area (Å²) in [5, 5.41) is 8.31. The van der Waals surface area contributed by atoms with Gasteiger partial charge in [-0.05, 0) is 52.9 Å². The summed E-state index contributed by atoms with van der Waals surface area (Å²) in [5.74, 6) is 0. The van der Waals surface area contributed by atoms with Gasteiger partial charge in [-0.25, -0.2) is 0 Å². The third kappa shape index (κ3) is 4.91. The first kappa shape index (κ1) is 15.5. The molecule has 2 rings (SSSR count). The number of rotatable bonds is 7. The lowest BCUT2D eigenvalue weighted by Gasteiger charge is -2.21. The molecule has 0 amide bonds. The van der Waals surface area contributed by atoms with Crippen LogP contribution in [0.3, 0.4) is 0 Å². The van der Waals surface area contributed by atoms with E-state index >= 15 is 0 Å². The zero-order valence-corrected chi connectivity index (χ0v) is 13.3. The van der Waals surface area contributed by atoms with Crippen LogP contribution in [0.1, 0.15) is 57.2 Å². The molecule has 1 aliphatic carbocycles. The van der Waals surface area contributed by atoms with Crippen LogP contribution in [-0.4, -0.2) is 41.4 Å². The van der Waals surface area contributed by atoms with Crippen molar-refractivity contribution in [3.63, 3.8) is 0 Å². The van der Waals surface area contributed by atoms with Crippen LogP contribution in [0.15, 0.2) is 12.3 Å². The van der Waals surface area contributed by atoms with Gasteiger partial charge in [-0.15, -0.1) is 0 Å². The third-order valence-electron chi connectivity index (χ3n) is 4.25. The number of aromatic nitrogens is 2. The maximum absolute atomic E-state index is 4.74. The highest BCUT2D eigenvalue weighted by Crippen LogP contribution is 2.27. The second-order valence-electron chi connectivity index (χ2n) is 6.45.